The van der Waals surface area contributed by atoms with Crippen LogP contribution in [0.25, 0.3) is 33.1 Å². The third-order valence-corrected chi connectivity index (χ3v) is 16.6. The van der Waals surface area contributed by atoms with Crippen LogP contribution in [0.2, 0.25) is 0 Å². The number of anilines is 3. The molecule has 0 saturated carbocycles. The highest BCUT2D eigenvalue weighted by Gasteiger charge is 2.54. The van der Waals surface area contributed by atoms with E-state index in [1.54, 1.807) is 0 Å². The first kappa shape index (κ1) is 35.1. The molecule has 284 valence electrons. The Morgan fingerprint density at radius 1 is 0.417 bits per heavy atom. The number of para-hydroxylation sites is 3. The molecule has 0 amide bonds. The van der Waals surface area contributed by atoms with Gasteiger partial charge in [-0.2, -0.15) is 0 Å². The molecule has 0 fully saturated rings. The number of hydrogen-bond donors (Lipinski definition) is 0. The predicted molar refractivity (Wildman–Crippen MR) is 249 cm³/mol. The van der Waals surface area contributed by atoms with E-state index in [1.807, 2.05) is 60.3 Å². The molecule has 0 saturated heterocycles. The van der Waals surface area contributed by atoms with Gasteiger partial charge in [0.15, 0.2) is 7.14 Å². The van der Waals surface area contributed by atoms with Crippen molar-refractivity contribution in [3.63, 3.8) is 0 Å². The highest BCUT2D eigenvalue weighted by molar-refractivity contribution is 7.99. The summed E-state index contributed by atoms with van der Waals surface area (Å²) in [4.78, 5) is 4.67. The quantitative estimate of drug-likeness (QED) is 0.162. The third-order valence-electron chi connectivity index (χ3n) is 12.4. The molecule has 12 rings (SSSR count). The first-order chi connectivity index (χ1) is 29.6. The normalized spacial score (nSPS) is 17.5. The van der Waals surface area contributed by atoms with Crippen molar-refractivity contribution < 1.29 is 8.98 Å². The van der Waals surface area contributed by atoms with Gasteiger partial charge in [0.1, 0.15) is 11.2 Å². The summed E-state index contributed by atoms with van der Waals surface area (Å²) >= 11 is 1.82. The molecule has 0 bridgehead atoms. The standard InChI is InChI=1S/C55H36NO2PS/c57-59(42-23-8-3-9-24-42)51-29-14-11-26-45(51)55(48-35-44-43-25-10-13-28-49(43)58-50(44)36-52(48)59)46-27-12-15-30-53(46)60-54-34-38(31-32-47(54)55)37-17-16-22-41(33-37)56(39-18-4-1-5-19-39)40-20-6-2-7-21-40/h1-36H. The summed E-state index contributed by atoms with van der Waals surface area (Å²) in [5.74, 6) is 0. The van der Waals surface area contributed by atoms with Gasteiger partial charge in [-0.15, -0.1) is 0 Å². The fourth-order valence-electron chi connectivity index (χ4n) is 9.81. The summed E-state index contributed by atoms with van der Waals surface area (Å²) < 4.78 is 23.0. The summed E-state index contributed by atoms with van der Waals surface area (Å²) in [7, 11) is -3.40. The molecule has 10 aromatic rings. The van der Waals surface area contributed by atoms with Gasteiger partial charge < -0.3 is 13.9 Å². The largest absolute Gasteiger partial charge is 0.456 e. The van der Waals surface area contributed by atoms with Crippen LogP contribution in [-0.2, 0) is 9.98 Å². The average Bonchev–Trinajstić information content (AvgIpc) is 3.69. The van der Waals surface area contributed by atoms with Crippen LogP contribution in [0.3, 0.4) is 0 Å². The molecule has 9 aromatic carbocycles. The number of furan rings is 1. The maximum atomic E-state index is 16.5. The Kier molecular flexibility index (Phi) is 7.97. The molecule has 0 radical (unpaired) electrons. The molecule has 2 unspecified atom stereocenters. The fraction of sp³-hybridized carbons (Fsp3) is 0.0182. The Hall–Kier alpha value is -6.84. The summed E-state index contributed by atoms with van der Waals surface area (Å²) in [5, 5.41) is 4.58. The Morgan fingerprint density at radius 2 is 1.03 bits per heavy atom. The fourth-order valence-corrected chi connectivity index (χ4v) is 14.2. The smallest absolute Gasteiger partial charge is 0.171 e. The molecule has 5 heteroatoms. The van der Waals surface area contributed by atoms with Crippen LogP contribution in [0.4, 0.5) is 17.1 Å². The zero-order chi connectivity index (χ0) is 39.8. The maximum absolute atomic E-state index is 16.5. The van der Waals surface area contributed by atoms with Crippen molar-refractivity contribution in [3.05, 3.63) is 241 Å². The second kappa shape index (κ2) is 13.6. The maximum Gasteiger partial charge on any atom is 0.171 e. The molecule has 0 aliphatic carbocycles. The molecule has 2 aliphatic heterocycles. The van der Waals surface area contributed by atoms with E-state index in [0.29, 0.717) is 0 Å². The van der Waals surface area contributed by atoms with Gasteiger partial charge in [-0.05, 0) is 100 Å². The third kappa shape index (κ3) is 5.08. The summed E-state index contributed by atoms with van der Waals surface area (Å²) in [6.45, 7) is 0. The number of nitrogens with zero attached hydrogens (tertiary/aromatic N) is 1. The van der Waals surface area contributed by atoms with Crippen LogP contribution in [0, 0.1) is 0 Å². The Bertz CT molecular complexity index is 3300. The monoisotopic (exact) mass is 805 g/mol. The molecular formula is C55H36NO2PS. The Morgan fingerprint density at radius 3 is 1.82 bits per heavy atom. The van der Waals surface area contributed by atoms with Gasteiger partial charge in [-0.1, -0.05) is 163 Å². The van der Waals surface area contributed by atoms with Crippen LogP contribution in [0.5, 0.6) is 0 Å². The van der Waals surface area contributed by atoms with Gasteiger partial charge in [0.05, 0.1) is 5.41 Å². The Labute approximate surface area is 353 Å². The van der Waals surface area contributed by atoms with E-state index >= 15 is 4.57 Å². The lowest BCUT2D eigenvalue weighted by molar-refractivity contribution is 0.589. The highest BCUT2D eigenvalue weighted by Crippen LogP contribution is 2.62. The van der Waals surface area contributed by atoms with E-state index in [1.165, 1.54) is 20.9 Å². The summed E-state index contributed by atoms with van der Waals surface area (Å²) in [6, 6.07) is 76.9. The van der Waals surface area contributed by atoms with Crippen LogP contribution < -0.4 is 20.8 Å². The topological polar surface area (TPSA) is 33.5 Å². The number of benzene rings is 9. The molecule has 1 aromatic heterocycles. The molecule has 1 spiro atoms. The van der Waals surface area contributed by atoms with Crippen molar-refractivity contribution >= 4 is 73.8 Å². The minimum absolute atomic E-state index is 0.745. The first-order valence-corrected chi connectivity index (χ1v) is 22.8. The molecule has 3 heterocycles. The van der Waals surface area contributed by atoms with E-state index in [-0.39, 0.29) is 0 Å². The average molecular weight is 806 g/mol. The SMILES string of the molecule is O=P1(c2ccccc2)c2ccccc2C2(c3ccccc3Sc3cc(-c4cccc(N(c5ccccc5)c5ccccc5)c4)ccc32)c2cc3c(cc21)oc1ccccc13. The highest BCUT2D eigenvalue weighted by atomic mass is 32.2. The van der Waals surface area contributed by atoms with Crippen molar-refractivity contribution in [3.8, 4) is 11.1 Å². The zero-order valence-electron chi connectivity index (χ0n) is 32.4. The second-order valence-electron chi connectivity index (χ2n) is 15.5. The molecular weight excluding hydrogens is 770 g/mol. The van der Waals surface area contributed by atoms with Crippen LogP contribution in [0.15, 0.2) is 233 Å². The zero-order valence-corrected chi connectivity index (χ0v) is 34.1. The van der Waals surface area contributed by atoms with E-state index < -0.39 is 12.6 Å². The van der Waals surface area contributed by atoms with Gasteiger partial charge in [0, 0.05) is 53.5 Å². The van der Waals surface area contributed by atoms with Gasteiger partial charge in [0.25, 0.3) is 0 Å². The molecule has 60 heavy (non-hydrogen) atoms. The van der Waals surface area contributed by atoms with Crippen molar-refractivity contribution in [1.29, 1.82) is 0 Å². The number of rotatable bonds is 5. The van der Waals surface area contributed by atoms with E-state index in [9.17, 15) is 0 Å². The summed E-state index contributed by atoms with van der Waals surface area (Å²) in [5.41, 5.74) is 10.8. The molecule has 3 nitrogen and oxygen atoms in total. The lowest BCUT2D eigenvalue weighted by atomic mass is 9.64. The van der Waals surface area contributed by atoms with E-state index in [4.69, 9.17) is 4.42 Å². The minimum Gasteiger partial charge on any atom is -0.456 e. The van der Waals surface area contributed by atoms with Crippen LogP contribution in [0.1, 0.15) is 22.3 Å². The number of hydrogen-bond acceptors (Lipinski definition) is 4. The lowest BCUT2D eigenvalue weighted by Gasteiger charge is -2.47. The number of fused-ring (bicyclic) bond motifs is 11. The second-order valence-corrected chi connectivity index (χ2v) is 19.3. The predicted octanol–water partition coefficient (Wildman–Crippen LogP) is 13.5. The molecule has 2 aliphatic rings. The van der Waals surface area contributed by atoms with Gasteiger partial charge >= 0.3 is 0 Å². The van der Waals surface area contributed by atoms with Crippen LogP contribution >= 0.6 is 18.9 Å². The van der Waals surface area contributed by atoms with Gasteiger partial charge in [-0.3, -0.25) is 0 Å². The van der Waals surface area contributed by atoms with Crippen molar-refractivity contribution in [2.45, 2.75) is 15.2 Å². The van der Waals surface area contributed by atoms with Gasteiger partial charge in [0.2, 0.25) is 0 Å². The van der Waals surface area contributed by atoms with E-state index in [2.05, 4.69) is 175 Å². The van der Waals surface area contributed by atoms with Gasteiger partial charge in [-0.25, -0.2) is 0 Å². The summed E-state index contributed by atoms with van der Waals surface area (Å²) in [6.07, 6.45) is 0. The van der Waals surface area contributed by atoms with Crippen molar-refractivity contribution in [2.75, 3.05) is 4.90 Å². The minimum atomic E-state index is -3.40. The Balaban J connectivity index is 1.12. The lowest BCUT2D eigenvalue weighted by Crippen LogP contribution is -2.48. The van der Waals surface area contributed by atoms with E-state index in [0.717, 1.165) is 77.2 Å². The molecule has 2 atom stereocenters. The molecule has 0 N–H and O–H groups in total. The van der Waals surface area contributed by atoms with Crippen molar-refractivity contribution in [1.82, 2.24) is 0 Å². The first-order valence-electron chi connectivity index (χ1n) is 20.3. The van der Waals surface area contributed by atoms with Crippen molar-refractivity contribution in [2.24, 2.45) is 0 Å². The van der Waals surface area contributed by atoms with Crippen LogP contribution in [-0.4, -0.2) is 0 Å².